The van der Waals surface area contributed by atoms with Crippen LogP contribution in [-0.2, 0) is 6.42 Å². The predicted molar refractivity (Wildman–Crippen MR) is 173 cm³/mol. The van der Waals surface area contributed by atoms with Crippen molar-refractivity contribution in [3.8, 4) is 5.75 Å². The SMILES string of the molecule is COc1ccc([C@@H](C)NC[C@@H](O)[C@H](Cc2ccccc2)NC(=O)c2cc(C)cc(C(=O)NC(C)c3sccc3C)c2)cc1. The molecule has 0 aliphatic heterocycles. The lowest BCUT2D eigenvalue weighted by molar-refractivity contribution is 0.0825. The number of aryl methyl sites for hydroxylation is 2. The van der Waals surface area contributed by atoms with Gasteiger partial charge in [0.15, 0.2) is 0 Å². The van der Waals surface area contributed by atoms with E-state index in [1.165, 1.54) is 0 Å². The number of aliphatic hydroxyl groups is 1. The van der Waals surface area contributed by atoms with E-state index in [1.807, 2.05) is 93.7 Å². The van der Waals surface area contributed by atoms with Crippen LogP contribution in [0.25, 0.3) is 0 Å². The van der Waals surface area contributed by atoms with Crippen molar-refractivity contribution in [2.75, 3.05) is 13.7 Å². The summed E-state index contributed by atoms with van der Waals surface area (Å²) in [5.74, 6) is 0.198. The van der Waals surface area contributed by atoms with Crippen LogP contribution in [0.4, 0.5) is 0 Å². The van der Waals surface area contributed by atoms with Crippen molar-refractivity contribution in [2.24, 2.45) is 0 Å². The first-order chi connectivity index (χ1) is 20.6. The van der Waals surface area contributed by atoms with Gasteiger partial charge >= 0.3 is 0 Å². The standard InChI is InChI=1S/C35H41N3O4S/c1-22-17-28(34(40)37-25(4)33-23(2)15-16-43-33)20-29(18-22)35(41)38-31(19-26-9-7-6-8-10-26)32(39)21-36-24(3)27-11-13-30(42-5)14-12-27/h6-18,20,24-25,31-32,36,39H,19,21H2,1-5H3,(H,37,40)(H,38,41)/t24-,25?,31+,32-/m1/s1. The second-order valence-corrected chi connectivity index (χ2v) is 11.9. The van der Waals surface area contributed by atoms with E-state index in [0.29, 0.717) is 17.5 Å². The highest BCUT2D eigenvalue weighted by molar-refractivity contribution is 7.10. The van der Waals surface area contributed by atoms with Gasteiger partial charge in [-0.05, 0) is 98.1 Å². The van der Waals surface area contributed by atoms with Crippen LogP contribution in [0.5, 0.6) is 5.75 Å². The second-order valence-electron chi connectivity index (χ2n) is 11.0. The summed E-state index contributed by atoms with van der Waals surface area (Å²) in [6.45, 7) is 8.14. The molecule has 4 rings (SSSR count). The smallest absolute Gasteiger partial charge is 0.251 e. The number of hydrogen-bond acceptors (Lipinski definition) is 6. The Kier molecular flexibility index (Phi) is 11.1. The lowest BCUT2D eigenvalue weighted by Crippen LogP contribution is -2.49. The normalized spacial score (nSPS) is 13.9. The first-order valence-electron chi connectivity index (χ1n) is 14.5. The summed E-state index contributed by atoms with van der Waals surface area (Å²) in [4.78, 5) is 27.8. The largest absolute Gasteiger partial charge is 0.497 e. The first kappa shape index (κ1) is 31.9. The molecule has 2 amide bonds. The van der Waals surface area contributed by atoms with Crippen molar-refractivity contribution in [3.63, 3.8) is 0 Å². The van der Waals surface area contributed by atoms with E-state index in [0.717, 1.165) is 32.9 Å². The van der Waals surface area contributed by atoms with Gasteiger partial charge in [0, 0.05) is 28.6 Å². The molecular formula is C35H41N3O4S. The van der Waals surface area contributed by atoms with Crippen LogP contribution in [0.15, 0.2) is 84.2 Å². The molecule has 0 spiro atoms. The third-order valence-corrected chi connectivity index (χ3v) is 8.77. The topological polar surface area (TPSA) is 99.7 Å². The minimum atomic E-state index is -0.868. The summed E-state index contributed by atoms with van der Waals surface area (Å²) in [7, 11) is 1.63. The van der Waals surface area contributed by atoms with Crippen LogP contribution < -0.4 is 20.7 Å². The molecule has 0 fully saturated rings. The molecular weight excluding hydrogens is 558 g/mol. The zero-order chi connectivity index (χ0) is 30.9. The number of aliphatic hydroxyl groups excluding tert-OH is 1. The van der Waals surface area contributed by atoms with Gasteiger partial charge in [0.1, 0.15) is 5.75 Å². The number of methoxy groups -OCH3 is 1. The zero-order valence-electron chi connectivity index (χ0n) is 25.4. The van der Waals surface area contributed by atoms with Gasteiger partial charge in [0.05, 0.1) is 25.3 Å². The molecule has 1 aromatic heterocycles. The Balaban J connectivity index is 1.47. The van der Waals surface area contributed by atoms with Crippen LogP contribution in [0.1, 0.15) is 73.8 Å². The molecule has 0 aliphatic rings. The quantitative estimate of drug-likeness (QED) is 0.153. The molecule has 0 saturated carbocycles. The summed E-state index contributed by atoms with van der Waals surface area (Å²) >= 11 is 1.61. The molecule has 3 aromatic carbocycles. The van der Waals surface area contributed by atoms with Crippen molar-refractivity contribution in [1.29, 1.82) is 0 Å². The second kappa shape index (κ2) is 15.0. The van der Waals surface area contributed by atoms with Crippen molar-refractivity contribution < 1.29 is 19.4 Å². The molecule has 0 bridgehead atoms. The number of thiophene rings is 1. The zero-order valence-corrected chi connectivity index (χ0v) is 26.2. The van der Waals surface area contributed by atoms with Gasteiger partial charge in [-0.1, -0.05) is 42.5 Å². The molecule has 0 saturated heterocycles. The fraction of sp³-hybridized carbons (Fsp3) is 0.314. The van der Waals surface area contributed by atoms with Crippen molar-refractivity contribution in [1.82, 2.24) is 16.0 Å². The third-order valence-electron chi connectivity index (χ3n) is 7.57. The molecule has 4 atom stereocenters. The minimum absolute atomic E-state index is 0.0215. The fourth-order valence-electron chi connectivity index (χ4n) is 5.07. The number of nitrogens with one attached hydrogen (secondary N) is 3. The summed E-state index contributed by atoms with van der Waals surface area (Å²) < 4.78 is 5.25. The number of ether oxygens (including phenoxy) is 1. The molecule has 4 aromatic rings. The number of hydrogen-bond donors (Lipinski definition) is 4. The Morgan fingerprint density at radius 3 is 2.12 bits per heavy atom. The number of benzene rings is 3. The molecule has 226 valence electrons. The van der Waals surface area contributed by atoms with Gasteiger partial charge in [-0.25, -0.2) is 0 Å². The van der Waals surface area contributed by atoms with Gasteiger partial charge in [-0.15, -0.1) is 11.3 Å². The third kappa shape index (κ3) is 8.76. The maximum Gasteiger partial charge on any atom is 0.251 e. The molecule has 0 radical (unpaired) electrons. The number of rotatable bonds is 13. The van der Waals surface area contributed by atoms with E-state index < -0.39 is 12.1 Å². The Morgan fingerprint density at radius 1 is 0.860 bits per heavy atom. The Hall–Kier alpha value is -3.98. The van der Waals surface area contributed by atoms with Crippen LogP contribution >= 0.6 is 11.3 Å². The van der Waals surface area contributed by atoms with E-state index in [2.05, 4.69) is 16.0 Å². The maximum absolute atomic E-state index is 13.6. The van der Waals surface area contributed by atoms with Gasteiger partial charge in [0.25, 0.3) is 11.8 Å². The minimum Gasteiger partial charge on any atom is -0.497 e. The molecule has 8 heteroatoms. The molecule has 4 N–H and O–H groups in total. The van der Waals surface area contributed by atoms with Crippen molar-refractivity contribution >= 4 is 23.2 Å². The van der Waals surface area contributed by atoms with Gasteiger partial charge < -0.3 is 25.8 Å². The highest BCUT2D eigenvalue weighted by Crippen LogP contribution is 2.24. The summed E-state index contributed by atoms with van der Waals surface area (Å²) in [6.07, 6.45) is -0.421. The Bertz CT molecular complexity index is 1500. The van der Waals surface area contributed by atoms with Gasteiger partial charge in [-0.2, -0.15) is 0 Å². The van der Waals surface area contributed by atoms with E-state index in [9.17, 15) is 14.7 Å². The fourth-order valence-corrected chi connectivity index (χ4v) is 6.01. The number of amides is 2. The summed E-state index contributed by atoms with van der Waals surface area (Å²) in [6, 6.07) is 24.0. The van der Waals surface area contributed by atoms with Crippen LogP contribution in [0.3, 0.4) is 0 Å². The molecule has 43 heavy (non-hydrogen) atoms. The number of carbonyl (C=O) groups excluding carboxylic acids is 2. The number of carbonyl (C=O) groups is 2. The van der Waals surface area contributed by atoms with Crippen LogP contribution in [-0.4, -0.2) is 42.7 Å². The van der Waals surface area contributed by atoms with Gasteiger partial charge in [-0.3, -0.25) is 9.59 Å². The molecule has 7 nitrogen and oxygen atoms in total. The molecule has 1 heterocycles. The van der Waals surface area contributed by atoms with Crippen molar-refractivity contribution in [2.45, 2.75) is 58.3 Å². The van der Waals surface area contributed by atoms with E-state index >= 15 is 0 Å². The molecule has 0 aliphatic carbocycles. The monoisotopic (exact) mass is 599 g/mol. The lowest BCUT2D eigenvalue weighted by Gasteiger charge is -2.26. The van der Waals surface area contributed by atoms with E-state index in [4.69, 9.17) is 4.74 Å². The van der Waals surface area contributed by atoms with Gasteiger partial charge in [0.2, 0.25) is 0 Å². The highest BCUT2D eigenvalue weighted by Gasteiger charge is 2.24. The van der Waals surface area contributed by atoms with Crippen LogP contribution in [0, 0.1) is 13.8 Å². The molecule has 1 unspecified atom stereocenters. The average Bonchev–Trinajstić information content (AvgIpc) is 3.45. The Labute approximate surface area is 258 Å². The average molecular weight is 600 g/mol. The summed E-state index contributed by atoms with van der Waals surface area (Å²) in [5, 5.41) is 22.8. The predicted octanol–water partition coefficient (Wildman–Crippen LogP) is 5.92. The first-order valence-corrected chi connectivity index (χ1v) is 15.4. The lowest BCUT2D eigenvalue weighted by atomic mass is 9.99. The highest BCUT2D eigenvalue weighted by atomic mass is 32.1. The summed E-state index contributed by atoms with van der Waals surface area (Å²) in [5.41, 5.74) is 4.78. The maximum atomic E-state index is 13.6. The van der Waals surface area contributed by atoms with E-state index in [1.54, 1.807) is 36.6 Å². The van der Waals surface area contributed by atoms with E-state index in [-0.39, 0.29) is 30.4 Å². The van der Waals surface area contributed by atoms with Crippen molar-refractivity contribution in [3.05, 3.63) is 123 Å². The van der Waals surface area contributed by atoms with Crippen LogP contribution in [0.2, 0.25) is 0 Å². The Morgan fingerprint density at radius 2 is 1.51 bits per heavy atom.